The van der Waals surface area contributed by atoms with Crippen LogP contribution in [0.25, 0.3) is 144 Å². The third-order valence-electron chi connectivity index (χ3n) is 15.4. The zero-order valence-electron chi connectivity index (χ0n) is 41.0. The summed E-state index contributed by atoms with van der Waals surface area (Å²) in [5, 5.41) is 9.13. The van der Waals surface area contributed by atoms with Crippen LogP contribution >= 0.6 is 0 Å². The molecular weight excluding hydrogens is 927 g/mol. The molecule has 5 aromatic heterocycles. The lowest BCUT2D eigenvalue weighted by Crippen LogP contribution is -2.10. The Bertz CT molecular complexity index is 4910. The Hall–Kier alpha value is -10.4. The molecule has 0 aliphatic heterocycles. The molecule has 0 saturated heterocycles. The highest BCUT2D eigenvalue weighted by Gasteiger charge is 2.26. The molecule has 0 atom stereocenters. The predicted octanol–water partition coefficient (Wildman–Crippen LogP) is 17.3. The lowest BCUT2D eigenvalue weighted by Gasteiger charge is -2.15. The average Bonchev–Trinajstić information content (AvgIpc) is 4.43. The van der Waals surface area contributed by atoms with Crippen molar-refractivity contribution in [2.75, 3.05) is 0 Å². The summed E-state index contributed by atoms with van der Waals surface area (Å²) in [4.78, 5) is 16.7. The van der Waals surface area contributed by atoms with Gasteiger partial charge in [-0.3, -0.25) is 9.13 Å². The SMILES string of the molecule is c1ccc(-c2cc(-c3ccccc3)cc(-n3c4ccccc4c4ccc5c(c6ccccc6n5-c5nc(-c6ccccc6)nc(-n6c7ccccc7c7ccc8c9ccccc9n(-c9ccccc9)c8c76)n5)c43)c2)cc1. The van der Waals surface area contributed by atoms with Gasteiger partial charge in [0.15, 0.2) is 5.82 Å². The smallest absolute Gasteiger partial charge is 0.240 e. The van der Waals surface area contributed by atoms with Gasteiger partial charge in [-0.15, -0.1) is 0 Å². The number of para-hydroxylation sites is 5. The first-order valence-electron chi connectivity index (χ1n) is 25.8. The van der Waals surface area contributed by atoms with Crippen molar-refractivity contribution >= 4 is 87.2 Å². The molecule has 5 heterocycles. The molecule has 11 aromatic carbocycles. The highest BCUT2D eigenvalue weighted by Crippen LogP contribution is 2.45. The van der Waals surface area contributed by atoms with Crippen LogP contribution < -0.4 is 0 Å². The molecule has 7 nitrogen and oxygen atoms in total. The van der Waals surface area contributed by atoms with Crippen LogP contribution in [0.2, 0.25) is 0 Å². The second-order valence-electron chi connectivity index (χ2n) is 19.6. The Morgan fingerprint density at radius 1 is 0.224 bits per heavy atom. The van der Waals surface area contributed by atoms with Crippen LogP contribution in [0.5, 0.6) is 0 Å². The summed E-state index contributed by atoms with van der Waals surface area (Å²) in [6.45, 7) is 0. The number of nitrogens with zero attached hydrogens (tertiary/aromatic N) is 7. The van der Waals surface area contributed by atoms with Crippen LogP contribution in [0.4, 0.5) is 0 Å². The van der Waals surface area contributed by atoms with E-state index in [1.807, 2.05) is 18.2 Å². The van der Waals surface area contributed by atoms with Gasteiger partial charge in [0.2, 0.25) is 11.9 Å². The number of rotatable bonds is 7. The molecule has 16 aromatic rings. The first-order valence-corrected chi connectivity index (χ1v) is 25.8. The number of hydrogen-bond donors (Lipinski definition) is 0. The Labute approximate surface area is 436 Å². The second-order valence-corrected chi connectivity index (χ2v) is 19.6. The summed E-state index contributed by atoms with van der Waals surface area (Å²) in [6.07, 6.45) is 0. The van der Waals surface area contributed by atoms with Gasteiger partial charge in [-0.1, -0.05) is 200 Å². The van der Waals surface area contributed by atoms with Gasteiger partial charge in [-0.25, -0.2) is 0 Å². The van der Waals surface area contributed by atoms with Crippen molar-refractivity contribution in [3.05, 3.63) is 261 Å². The van der Waals surface area contributed by atoms with Crippen LogP contribution in [0, 0.1) is 0 Å². The first kappa shape index (κ1) is 42.2. The van der Waals surface area contributed by atoms with E-state index in [0.717, 1.165) is 110 Å². The monoisotopic (exact) mass is 969 g/mol. The Balaban J connectivity index is 1.02. The zero-order valence-corrected chi connectivity index (χ0v) is 41.0. The predicted molar refractivity (Wildman–Crippen MR) is 313 cm³/mol. The van der Waals surface area contributed by atoms with Crippen molar-refractivity contribution in [1.82, 2.24) is 33.2 Å². The summed E-state index contributed by atoms with van der Waals surface area (Å²) < 4.78 is 9.41. The van der Waals surface area contributed by atoms with Gasteiger partial charge in [0.25, 0.3) is 0 Å². The molecule has 0 saturated carbocycles. The third kappa shape index (κ3) is 6.26. The number of aromatic nitrogens is 7. The van der Waals surface area contributed by atoms with Crippen molar-refractivity contribution in [1.29, 1.82) is 0 Å². The molecule has 0 radical (unpaired) electrons. The fourth-order valence-electron chi connectivity index (χ4n) is 12.2. The molecule has 0 bridgehead atoms. The van der Waals surface area contributed by atoms with Crippen LogP contribution in [-0.2, 0) is 0 Å². The fourth-order valence-corrected chi connectivity index (χ4v) is 12.2. The van der Waals surface area contributed by atoms with Gasteiger partial charge in [-0.2, -0.15) is 15.0 Å². The normalized spacial score (nSPS) is 11.9. The summed E-state index contributed by atoms with van der Waals surface area (Å²) in [6, 6.07) is 93.3. The topological polar surface area (TPSA) is 58.4 Å². The van der Waals surface area contributed by atoms with E-state index in [2.05, 4.69) is 261 Å². The van der Waals surface area contributed by atoms with Gasteiger partial charge in [0.1, 0.15) is 0 Å². The van der Waals surface area contributed by atoms with Crippen molar-refractivity contribution < 1.29 is 0 Å². The lowest BCUT2D eigenvalue weighted by molar-refractivity contribution is 0.893. The fraction of sp³-hybridized carbons (Fsp3) is 0. The third-order valence-corrected chi connectivity index (χ3v) is 15.4. The summed E-state index contributed by atoms with van der Waals surface area (Å²) >= 11 is 0. The maximum atomic E-state index is 5.69. The van der Waals surface area contributed by atoms with E-state index in [9.17, 15) is 0 Å². The number of hydrogen-bond acceptors (Lipinski definition) is 3. The van der Waals surface area contributed by atoms with Crippen LogP contribution in [0.3, 0.4) is 0 Å². The van der Waals surface area contributed by atoms with E-state index >= 15 is 0 Å². The van der Waals surface area contributed by atoms with E-state index in [0.29, 0.717) is 17.7 Å². The molecule has 0 fully saturated rings. The van der Waals surface area contributed by atoms with Gasteiger partial charge < -0.3 is 9.13 Å². The molecule has 0 aliphatic rings. The number of fused-ring (bicyclic) bond motifs is 14. The Morgan fingerprint density at radius 3 is 1.17 bits per heavy atom. The largest absolute Gasteiger partial charge is 0.308 e. The van der Waals surface area contributed by atoms with Gasteiger partial charge in [0.05, 0.1) is 44.1 Å². The highest BCUT2D eigenvalue weighted by atomic mass is 15.3. The second kappa shape index (κ2) is 16.6. The van der Waals surface area contributed by atoms with E-state index in [1.165, 1.54) is 16.2 Å². The zero-order chi connectivity index (χ0) is 49.8. The molecule has 354 valence electrons. The molecule has 7 heteroatoms. The van der Waals surface area contributed by atoms with E-state index in [4.69, 9.17) is 15.0 Å². The average molecular weight is 970 g/mol. The van der Waals surface area contributed by atoms with Crippen LogP contribution in [-0.4, -0.2) is 33.2 Å². The maximum absolute atomic E-state index is 5.69. The highest BCUT2D eigenvalue weighted by molar-refractivity contribution is 6.27. The molecule has 0 amide bonds. The van der Waals surface area contributed by atoms with Crippen molar-refractivity contribution in [2.45, 2.75) is 0 Å². The van der Waals surface area contributed by atoms with Gasteiger partial charge in [-0.05, 0) is 82.9 Å². The minimum atomic E-state index is 0.524. The maximum Gasteiger partial charge on any atom is 0.240 e. The van der Waals surface area contributed by atoms with Gasteiger partial charge >= 0.3 is 0 Å². The number of benzene rings is 11. The van der Waals surface area contributed by atoms with E-state index in [1.54, 1.807) is 0 Å². The molecule has 16 rings (SSSR count). The van der Waals surface area contributed by atoms with Crippen LogP contribution in [0.15, 0.2) is 261 Å². The van der Waals surface area contributed by atoms with Crippen molar-refractivity contribution in [2.24, 2.45) is 0 Å². The lowest BCUT2D eigenvalue weighted by atomic mass is 9.98. The molecular formula is C69H43N7. The molecule has 76 heavy (non-hydrogen) atoms. The molecule has 0 aliphatic carbocycles. The molecule has 0 unspecified atom stereocenters. The molecule has 0 spiro atoms. The van der Waals surface area contributed by atoms with E-state index < -0.39 is 0 Å². The summed E-state index contributed by atoms with van der Waals surface area (Å²) in [5.41, 5.74) is 16.2. The quantitative estimate of drug-likeness (QED) is 0.160. The van der Waals surface area contributed by atoms with Gasteiger partial charge in [0, 0.05) is 60.0 Å². The van der Waals surface area contributed by atoms with Crippen LogP contribution in [0.1, 0.15) is 0 Å². The first-order chi connectivity index (χ1) is 37.7. The Kier molecular flexibility index (Phi) is 9.20. The Morgan fingerprint density at radius 2 is 0.618 bits per heavy atom. The minimum Gasteiger partial charge on any atom is -0.308 e. The summed E-state index contributed by atoms with van der Waals surface area (Å²) in [5.74, 6) is 1.63. The standard InChI is InChI=1S/C69H43N7/c1-5-21-44(22-6-1)47-41-48(45-23-7-2-8-24-45)43-50(42-47)74-59-34-18-13-29-51(59)54-39-40-62-63(64(54)74)57-32-16-20-36-61(57)75(62)68-70-67(46-25-9-3-10-26-46)71-69(72-68)76-60-35-19-15-31-53(60)56-38-37-55-52-30-14-17-33-58(52)73(65(55)66(56)76)49-27-11-4-12-28-49/h1-43H. The summed E-state index contributed by atoms with van der Waals surface area (Å²) in [7, 11) is 0. The minimum absolute atomic E-state index is 0.524. The van der Waals surface area contributed by atoms with E-state index in [-0.39, 0.29) is 0 Å². The van der Waals surface area contributed by atoms with Crippen molar-refractivity contribution in [3.63, 3.8) is 0 Å². The van der Waals surface area contributed by atoms with Crippen molar-refractivity contribution in [3.8, 4) is 56.9 Å². The molecule has 0 N–H and O–H groups in total.